The molecule has 0 fully saturated rings. The lowest BCUT2D eigenvalue weighted by molar-refractivity contribution is -0.139. The summed E-state index contributed by atoms with van der Waals surface area (Å²) in [6.45, 7) is 3.38. The standard InChI is InChI=1S/C20H21ClN2O4/c1-20(2,14-7-9-15(21)10-8-14)19(26)23-16-6-4-5-13(11-16)18(25)22-12-17(24)27-3/h4-11H,12H2,1-3H3,(H,22,25)(H,23,26). The first-order chi connectivity index (χ1) is 12.7. The molecule has 27 heavy (non-hydrogen) atoms. The molecule has 0 heterocycles. The largest absolute Gasteiger partial charge is 0.468 e. The quantitative estimate of drug-likeness (QED) is 0.744. The molecule has 2 aromatic carbocycles. The number of carbonyl (C=O) groups is 3. The molecule has 0 aliphatic heterocycles. The van der Waals surface area contributed by atoms with Crippen molar-refractivity contribution in [3.8, 4) is 0 Å². The van der Waals surface area contributed by atoms with Gasteiger partial charge in [0.1, 0.15) is 6.54 Å². The predicted molar refractivity (Wildman–Crippen MR) is 104 cm³/mol. The number of rotatable bonds is 6. The van der Waals surface area contributed by atoms with E-state index in [0.29, 0.717) is 16.3 Å². The fraction of sp³-hybridized carbons (Fsp3) is 0.250. The fourth-order valence-electron chi connectivity index (χ4n) is 2.35. The van der Waals surface area contributed by atoms with Crippen molar-refractivity contribution < 1.29 is 19.1 Å². The number of anilines is 1. The topological polar surface area (TPSA) is 84.5 Å². The van der Waals surface area contributed by atoms with Crippen LogP contribution in [0.15, 0.2) is 48.5 Å². The number of hydrogen-bond donors (Lipinski definition) is 2. The van der Waals surface area contributed by atoms with E-state index in [1.165, 1.54) is 7.11 Å². The van der Waals surface area contributed by atoms with Gasteiger partial charge in [-0.1, -0.05) is 29.8 Å². The van der Waals surface area contributed by atoms with E-state index in [-0.39, 0.29) is 12.5 Å². The maximum absolute atomic E-state index is 12.7. The number of nitrogens with one attached hydrogen (secondary N) is 2. The molecule has 2 rings (SSSR count). The highest BCUT2D eigenvalue weighted by atomic mass is 35.5. The van der Waals surface area contributed by atoms with Gasteiger partial charge in [0.05, 0.1) is 12.5 Å². The Morgan fingerprint density at radius 1 is 1.07 bits per heavy atom. The molecule has 0 unspecified atom stereocenters. The highest BCUT2D eigenvalue weighted by Gasteiger charge is 2.29. The van der Waals surface area contributed by atoms with Crippen molar-refractivity contribution >= 4 is 35.1 Å². The molecule has 0 bridgehead atoms. The van der Waals surface area contributed by atoms with E-state index >= 15 is 0 Å². The van der Waals surface area contributed by atoms with Crippen molar-refractivity contribution in [3.05, 3.63) is 64.7 Å². The third-order valence-electron chi connectivity index (χ3n) is 4.14. The van der Waals surface area contributed by atoms with E-state index in [2.05, 4.69) is 15.4 Å². The highest BCUT2D eigenvalue weighted by molar-refractivity contribution is 6.30. The number of ether oxygens (including phenoxy) is 1. The number of hydrogen-bond acceptors (Lipinski definition) is 4. The summed E-state index contributed by atoms with van der Waals surface area (Å²) in [7, 11) is 1.24. The van der Waals surface area contributed by atoms with Gasteiger partial charge in [0, 0.05) is 16.3 Å². The molecule has 7 heteroatoms. The highest BCUT2D eigenvalue weighted by Crippen LogP contribution is 2.26. The SMILES string of the molecule is COC(=O)CNC(=O)c1cccc(NC(=O)C(C)(C)c2ccc(Cl)cc2)c1. The van der Waals surface area contributed by atoms with Crippen LogP contribution in [0.1, 0.15) is 29.8 Å². The first-order valence-corrected chi connectivity index (χ1v) is 8.64. The van der Waals surface area contributed by atoms with E-state index < -0.39 is 17.3 Å². The van der Waals surface area contributed by atoms with Crippen molar-refractivity contribution in [1.29, 1.82) is 0 Å². The zero-order chi connectivity index (χ0) is 20.0. The van der Waals surface area contributed by atoms with Gasteiger partial charge in [0.25, 0.3) is 5.91 Å². The average molecular weight is 389 g/mol. The molecule has 0 radical (unpaired) electrons. The maximum atomic E-state index is 12.7. The number of carbonyl (C=O) groups excluding carboxylic acids is 3. The lowest BCUT2D eigenvalue weighted by Gasteiger charge is -2.24. The molecular formula is C20H21ClN2O4. The van der Waals surface area contributed by atoms with Crippen molar-refractivity contribution in [2.45, 2.75) is 19.3 Å². The second-order valence-corrected chi connectivity index (χ2v) is 6.86. The normalized spacial score (nSPS) is 10.8. The molecule has 0 saturated carbocycles. The minimum absolute atomic E-state index is 0.225. The van der Waals surface area contributed by atoms with Gasteiger partial charge in [-0.3, -0.25) is 14.4 Å². The van der Waals surface area contributed by atoms with Crippen LogP contribution in [0.3, 0.4) is 0 Å². The first kappa shape index (κ1) is 20.5. The summed E-state index contributed by atoms with van der Waals surface area (Å²) in [5.74, 6) is -1.21. The minimum Gasteiger partial charge on any atom is -0.468 e. The fourth-order valence-corrected chi connectivity index (χ4v) is 2.48. The summed E-state index contributed by atoms with van der Waals surface area (Å²) in [5.41, 5.74) is 0.818. The van der Waals surface area contributed by atoms with Gasteiger partial charge in [-0.15, -0.1) is 0 Å². The molecule has 6 nitrogen and oxygen atoms in total. The molecule has 0 aliphatic carbocycles. The van der Waals surface area contributed by atoms with Gasteiger partial charge >= 0.3 is 5.97 Å². The molecule has 2 aromatic rings. The van der Waals surface area contributed by atoms with Crippen LogP contribution in [-0.4, -0.2) is 31.4 Å². The Bertz CT molecular complexity index is 847. The molecule has 2 amide bonds. The Morgan fingerprint density at radius 2 is 1.74 bits per heavy atom. The van der Waals surface area contributed by atoms with Crippen molar-refractivity contribution in [2.24, 2.45) is 0 Å². The summed E-state index contributed by atoms with van der Waals surface area (Å²) >= 11 is 5.91. The predicted octanol–water partition coefficient (Wildman–Crippen LogP) is 3.16. The molecule has 0 atom stereocenters. The van der Waals surface area contributed by atoms with Gasteiger partial charge in [-0.25, -0.2) is 0 Å². The Hall–Kier alpha value is -2.86. The average Bonchev–Trinajstić information content (AvgIpc) is 2.66. The van der Waals surface area contributed by atoms with E-state index in [9.17, 15) is 14.4 Å². The van der Waals surface area contributed by atoms with Gasteiger partial charge in [0.2, 0.25) is 5.91 Å². The Morgan fingerprint density at radius 3 is 2.37 bits per heavy atom. The van der Waals surface area contributed by atoms with E-state index in [1.54, 1.807) is 62.4 Å². The number of amides is 2. The summed E-state index contributed by atoms with van der Waals surface area (Å²) in [6.07, 6.45) is 0. The zero-order valence-corrected chi connectivity index (χ0v) is 16.1. The first-order valence-electron chi connectivity index (χ1n) is 8.26. The third kappa shape index (κ3) is 5.31. The molecule has 0 aromatic heterocycles. The Kier molecular flexibility index (Phi) is 6.58. The Labute approximate surface area is 162 Å². The molecule has 2 N–H and O–H groups in total. The number of halogens is 1. The second-order valence-electron chi connectivity index (χ2n) is 6.43. The van der Waals surface area contributed by atoms with Gasteiger partial charge in [-0.2, -0.15) is 0 Å². The molecule has 0 aliphatic rings. The summed E-state index contributed by atoms with van der Waals surface area (Å²) < 4.78 is 4.48. The van der Waals surface area contributed by atoms with Crippen LogP contribution in [0.25, 0.3) is 0 Å². The van der Waals surface area contributed by atoms with Crippen molar-refractivity contribution in [3.63, 3.8) is 0 Å². The Balaban J connectivity index is 2.10. The van der Waals surface area contributed by atoms with Crippen molar-refractivity contribution in [1.82, 2.24) is 5.32 Å². The van der Waals surface area contributed by atoms with Crippen LogP contribution >= 0.6 is 11.6 Å². The minimum atomic E-state index is -0.798. The van der Waals surface area contributed by atoms with Crippen molar-refractivity contribution in [2.75, 3.05) is 19.0 Å². The molecular weight excluding hydrogens is 368 g/mol. The lowest BCUT2D eigenvalue weighted by atomic mass is 9.83. The third-order valence-corrected chi connectivity index (χ3v) is 4.39. The smallest absolute Gasteiger partial charge is 0.325 e. The maximum Gasteiger partial charge on any atom is 0.325 e. The van der Waals surface area contributed by atoms with Crippen LogP contribution < -0.4 is 10.6 Å². The summed E-state index contributed by atoms with van der Waals surface area (Å²) in [6, 6.07) is 13.5. The van der Waals surface area contributed by atoms with Crippen LogP contribution in [0.2, 0.25) is 5.02 Å². The van der Waals surface area contributed by atoms with Gasteiger partial charge < -0.3 is 15.4 Å². The van der Waals surface area contributed by atoms with E-state index in [0.717, 1.165) is 5.56 Å². The summed E-state index contributed by atoms with van der Waals surface area (Å²) in [4.78, 5) is 36.0. The monoisotopic (exact) mass is 388 g/mol. The number of methoxy groups -OCH3 is 1. The number of esters is 1. The van der Waals surface area contributed by atoms with Crippen LogP contribution in [0.5, 0.6) is 0 Å². The van der Waals surface area contributed by atoms with Crippen LogP contribution in [0.4, 0.5) is 5.69 Å². The van der Waals surface area contributed by atoms with Crippen LogP contribution in [0, 0.1) is 0 Å². The van der Waals surface area contributed by atoms with E-state index in [4.69, 9.17) is 11.6 Å². The molecule has 0 spiro atoms. The van der Waals surface area contributed by atoms with Gasteiger partial charge in [-0.05, 0) is 49.7 Å². The van der Waals surface area contributed by atoms with Gasteiger partial charge in [0.15, 0.2) is 0 Å². The number of benzene rings is 2. The summed E-state index contributed by atoms with van der Waals surface area (Å²) in [5, 5.41) is 5.87. The van der Waals surface area contributed by atoms with E-state index in [1.807, 2.05) is 0 Å². The lowest BCUT2D eigenvalue weighted by Crippen LogP contribution is -2.35. The zero-order valence-electron chi connectivity index (χ0n) is 15.3. The molecule has 0 saturated heterocycles. The van der Waals surface area contributed by atoms with Crippen LogP contribution in [-0.2, 0) is 19.7 Å². The molecule has 142 valence electrons. The second kappa shape index (κ2) is 8.68.